The summed E-state index contributed by atoms with van der Waals surface area (Å²) in [6, 6.07) is 4.23. The van der Waals surface area contributed by atoms with E-state index in [0.717, 1.165) is 35.7 Å². The molecule has 4 heteroatoms. The molecule has 0 N–H and O–H groups in total. The maximum absolute atomic E-state index is 5.42. The number of hydrogen-bond donors (Lipinski definition) is 0. The van der Waals surface area contributed by atoms with E-state index < -0.39 is 0 Å². The molecule has 0 aromatic carbocycles. The molecule has 19 heavy (non-hydrogen) atoms. The van der Waals surface area contributed by atoms with Crippen LogP contribution in [0.5, 0.6) is 5.88 Å². The van der Waals surface area contributed by atoms with Crippen molar-refractivity contribution in [1.29, 1.82) is 0 Å². The van der Waals surface area contributed by atoms with Gasteiger partial charge in [-0.2, -0.15) is 0 Å². The number of methoxy groups -OCH3 is 1. The Morgan fingerprint density at radius 3 is 2.89 bits per heavy atom. The number of pyridine rings is 1. The molecule has 1 aromatic rings. The van der Waals surface area contributed by atoms with Gasteiger partial charge >= 0.3 is 0 Å². The van der Waals surface area contributed by atoms with Gasteiger partial charge in [-0.05, 0) is 47.2 Å². The molecule has 1 aliphatic heterocycles. The van der Waals surface area contributed by atoms with E-state index in [-0.39, 0.29) is 0 Å². The number of halogens is 1. The number of hydrogen-bond acceptors (Lipinski definition) is 3. The number of ether oxygens (including phenoxy) is 2. The Hall–Kier alpha value is -0.870. The van der Waals surface area contributed by atoms with Gasteiger partial charge in [0.15, 0.2) is 0 Å². The first kappa shape index (κ1) is 13.1. The SMILES string of the molecule is COc1nc(/C(Br)=C/[C@H]2CCOC2)ccc1C1CC1. The first-order chi connectivity index (χ1) is 9.28. The molecule has 1 atom stereocenters. The number of nitrogens with zero attached hydrogens (tertiary/aromatic N) is 1. The van der Waals surface area contributed by atoms with Crippen molar-refractivity contribution in [3.05, 3.63) is 29.5 Å². The lowest BCUT2D eigenvalue weighted by Gasteiger charge is -2.09. The average Bonchev–Trinajstić information content (AvgIpc) is 3.16. The predicted molar refractivity (Wildman–Crippen MR) is 78.6 cm³/mol. The van der Waals surface area contributed by atoms with Crippen molar-refractivity contribution in [2.45, 2.75) is 25.2 Å². The fourth-order valence-corrected chi connectivity index (χ4v) is 3.02. The van der Waals surface area contributed by atoms with E-state index in [1.165, 1.54) is 18.4 Å². The molecule has 1 saturated carbocycles. The number of rotatable bonds is 4. The Balaban J connectivity index is 1.83. The van der Waals surface area contributed by atoms with Crippen molar-refractivity contribution in [2.75, 3.05) is 20.3 Å². The van der Waals surface area contributed by atoms with Crippen LogP contribution in [0, 0.1) is 5.92 Å². The molecule has 0 unspecified atom stereocenters. The van der Waals surface area contributed by atoms with Crippen molar-refractivity contribution in [1.82, 2.24) is 4.98 Å². The molecule has 3 rings (SSSR count). The summed E-state index contributed by atoms with van der Waals surface area (Å²) in [5.41, 5.74) is 2.18. The summed E-state index contributed by atoms with van der Waals surface area (Å²) in [6.45, 7) is 1.67. The van der Waals surface area contributed by atoms with Crippen molar-refractivity contribution < 1.29 is 9.47 Å². The smallest absolute Gasteiger partial charge is 0.217 e. The second-order valence-electron chi connectivity index (χ2n) is 5.21. The van der Waals surface area contributed by atoms with E-state index in [1.54, 1.807) is 7.11 Å². The first-order valence-electron chi connectivity index (χ1n) is 6.78. The second kappa shape index (κ2) is 5.63. The topological polar surface area (TPSA) is 31.4 Å². The van der Waals surface area contributed by atoms with E-state index in [0.29, 0.717) is 11.8 Å². The first-order valence-corrected chi connectivity index (χ1v) is 7.57. The lowest BCUT2D eigenvalue weighted by molar-refractivity contribution is 0.191. The minimum Gasteiger partial charge on any atom is -0.481 e. The fraction of sp³-hybridized carbons (Fsp3) is 0.533. The third kappa shape index (κ3) is 3.00. The molecule has 0 bridgehead atoms. The van der Waals surface area contributed by atoms with Crippen LogP contribution in [0.15, 0.2) is 18.2 Å². The highest BCUT2D eigenvalue weighted by Gasteiger charge is 2.27. The molecule has 1 saturated heterocycles. The summed E-state index contributed by atoms with van der Waals surface area (Å²) >= 11 is 3.62. The van der Waals surface area contributed by atoms with Crippen molar-refractivity contribution in [3.63, 3.8) is 0 Å². The molecule has 0 radical (unpaired) electrons. The van der Waals surface area contributed by atoms with Crippen LogP contribution in [0.3, 0.4) is 0 Å². The summed E-state index contributed by atoms with van der Waals surface area (Å²) < 4.78 is 11.8. The molecule has 2 heterocycles. The minimum absolute atomic E-state index is 0.491. The summed E-state index contributed by atoms with van der Waals surface area (Å²) in [4.78, 5) is 4.62. The molecule has 2 fully saturated rings. The van der Waals surface area contributed by atoms with E-state index >= 15 is 0 Å². The molecule has 102 valence electrons. The summed E-state index contributed by atoms with van der Waals surface area (Å²) in [7, 11) is 1.69. The molecule has 3 nitrogen and oxygen atoms in total. The highest BCUT2D eigenvalue weighted by atomic mass is 79.9. The van der Waals surface area contributed by atoms with Gasteiger partial charge in [-0.3, -0.25) is 0 Å². The van der Waals surface area contributed by atoms with Gasteiger partial charge in [0.2, 0.25) is 5.88 Å². The molecule has 1 aliphatic carbocycles. The molecule has 0 amide bonds. The zero-order valence-electron chi connectivity index (χ0n) is 11.1. The van der Waals surface area contributed by atoms with E-state index in [2.05, 4.69) is 39.1 Å². The van der Waals surface area contributed by atoms with Crippen LogP contribution >= 0.6 is 15.9 Å². The Labute approximate surface area is 122 Å². The lowest BCUT2D eigenvalue weighted by atomic mass is 10.1. The summed E-state index contributed by atoms with van der Waals surface area (Å²) in [5, 5.41) is 0. The predicted octanol–water partition coefficient (Wildman–Crippen LogP) is 3.74. The molecular formula is C15H18BrNO2. The van der Waals surface area contributed by atoms with Crippen LogP contribution in [0.4, 0.5) is 0 Å². The Bertz CT molecular complexity index is 491. The summed E-state index contributed by atoms with van der Waals surface area (Å²) in [6.07, 6.45) is 5.81. The van der Waals surface area contributed by atoms with Gasteiger partial charge < -0.3 is 9.47 Å². The van der Waals surface area contributed by atoms with Crippen molar-refractivity contribution in [3.8, 4) is 5.88 Å². The highest BCUT2D eigenvalue weighted by Crippen LogP contribution is 2.44. The molecule has 0 spiro atoms. The zero-order chi connectivity index (χ0) is 13.2. The standard InChI is InChI=1S/C15H18BrNO2/c1-18-15-12(11-2-3-11)4-5-14(17-15)13(16)8-10-6-7-19-9-10/h4-5,8,10-11H,2-3,6-7,9H2,1H3/b13-8-/t10-/m1/s1. The molecule has 1 aromatic heterocycles. The van der Waals surface area contributed by atoms with Crippen LogP contribution in [-0.4, -0.2) is 25.3 Å². The normalized spacial score (nSPS) is 23.7. The highest BCUT2D eigenvalue weighted by molar-refractivity contribution is 9.15. The largest absolute Gasteiger partial charge is 0.481 e. The second-order valence-corrected chi connectivity index (χ2v) is 6.06. The molecule has 2 aliphatic rings. The van der Waals surface area contributed by atoms with Gasteiger partial charge in [-0.25, -0.2) is 4.98 Å². The van der Waals surface area contributed by atoms with Gasteiger partial charge in [-0.1, -0.05) is 12.1 Å². The van der Waals surface area contributed by atoms with Crippen LogP contribution in [-0.2, 0) is 4.74 Å². The monoisotopic (exact) mass is 323 g/mol. The third-order valence-electron chi connectivity index (χ3n) is 3.69. The van der Waals surface area contributed by atoms with Gasteiger partial charge in [0.1, 0.15) is 0 Å². The van der Waals surface area contributed by atoms with Crippen LogP contribution < -0.4 is 4.74 Å². The van der Waals surface area contributed by atoms with Crippen molar-refractivity contribution >= 4 is 20.4 Å². The number of aromatic nitrogens is 1. The van der Waals surface area contributed by atoms with E-state index in [1.807, 2.05) is 0 Å². The molecular weight excluding hydrogens is 306 g/mol. The summed E-state index contributed by atoms with van der Waals surface area (Å²) in [5.74, 6) is 1.92. The quantitative estimate of drug-likeness (QED) is 0.845. The lowest BCUT2D eigenvalue weighted by Crippen LogP contribution is -1.98. The van der Waals surface area contributed by atoms with Crippen LogP contribution in [0.2, 0.25) is 0 Å². The van der Waals surface area contributed by atoms with Crippen LogP contribution in [0.25, 0.3) is 4.48 Å². The minimum atomic E-state index is 0.491. The zero-order valence-corrected chi connectivity index (χ0v) is 12.6. The maximum atomic E-state index is 5.42. The van der Waals surface area contributed by atoms with Crippen LogP contribution in [0.1, 0.15) is 36.4 Å². The Morgan fingerprint density at radius 1 is 1.42 bits per heavy atom. The average molecular weight is 324 g/mol. The fourth-order valence-electron chi connectivity index (χ4n) is 2.43. The van der Waals surface area contributed by atoms with E-state index in [9.17, 15) is 0 Å². The van der Waals surface area contributed by atoms with E-state index in [4.69, 9.17) is 9.47 Å². The maximum Gasteiger partial charge on any atom is 0.217 e. The third-order valence-corrected chi connectivity index (χ3v) is 4.36. The Kier molecular flexibility index (Phi) is 3.89. The Morgan fingerprint density at radius 2 is 2.26 bits per heavy atom. The van der Waals surface area contributed by atoms with Crippen molar-refractivity contribution in [2.24, 2.45) is 5.92 Å². The van der Waals surface area contributed by atoms with Gasteiger partial charge in [-0.15, -0.1) is 0 Å². The van der Waals surface area contributed by atoms with Gasteiger partial charge in [0.25, 0.3) is 0 Å². The van der Waals surface area contributed by atoms with Gasteiger partial charge in [0.05, 0.1) is 19.4 Å². The van der Waals surface area contributed by atoms with Gasteiger partial charge in [0, 0.05) is 22.6 Å².